The van der Waals surface area contributed by atoms with Crippen molar-refractivity contribution in [2.75, 3.05) is 14.2 Å². The van der Waals surface area contributed by atoms with E-state index in [1.165, 1.54) is 0 Å². The van der Waals surface area contributed by atoms with Crippen molar-refractivity contribution in [3.63, 3.8) is 0 Å². The molecule has 3 fully saturated rings. The molecule has 0 unspecified atom stereocenters. The maximum atomic E-state index is 12.9. The van der Waals surface area contributed by atoms with Crippen LogP contribution in [0, 0.1) is 27.6 Å². The van der Waals surface area contributed by atoms with E-state index in [1.807, 2.05) is 11.9 Å². The van der Waals surface area contributed by atoms with Crippen molar-refractivity contribution in [3.05, 3.63) is 36.4 Å². The van der Waals surface area contributed by atoms with Gasteiger partial charge in [-0.1, -0.05) is 33.8 Å². The maximum Gasteiger partial charge on any atom is 0.412 e. The van der Waals surface area contributed by atoms with E-state index in [1.54, 1.807) is 37.5 Å². The summed E-state index contributed by atoms with van der Waals surface area (Å²) in [4.78, 5) is 27.3. The lowest BCUT2D eigenvalue weighted by molar-refractivity contribution is -0.186. The van der Waals surface area contributed by atoms with Crippen LogP contribution < -0.4 is 14.8 Å². The highest BCUT2D eigenvalue weighted by Crippen LogP contribution is 2.74. The molecule has 4 aliphatic rings. The maximum absolute atomic E-state index is 12.9. The smallest absolute Gasteiger partial charge is 0.412 e. The number of hydrogen-bond donors (Lipinski definition) is 1. The van der Waals surface area contributed by atoms with E-state index in [9.17, 15) is 9.59 Å². The Balaban J connectivity index is 1.37. The Morgan fingerprint density at radius 3 is 2.29 bits per heavy atom. The molecule has 1 N–H and O–H groups in total. The lowest BCUT2D eigenvalue weighted by atomic mass is 9.37. The first-order valence-corrected chi connectivity index (χ1v) is 13.1. The van der Waals surface area contributed by atoms with Crippen LogP contribution in [0.25, 0.3) is 0 Å². The first-order valence-electron chi connectivity index (χ1n) is 13.1. The summed E-state index contributed by atoms with van der Waals surface area (Å²) in [6.45, 7) is 9.71. The highest BCUT2D eigenvalue weighted by atomic mass is 16.6. The van der Waals surface area contributed by atoms with Gasteiger partial charge in [-0.25, -0.2) is 4.79 Å². The molecule has 5 rings (SSSR count). The zero-order chi connectivity index (χ0) is 25.2. The number of hydrogen-bond acceptors (Lipinski definition) is 4. The number of benzene rings is 1. The number of carbonyl (C=O) groups excluding carboxylic acids is 2. The van der Waals surface area contributed by atoms with Gasteiger partial charge in [0.1, 0.15) is 11.5 Å². The molecule has 1 aromatic carbocycles. The van der Waals surface area contributed by atoms with Gasteiger partial charge in [-0.3, -0.25) is 4.79 Å². The zero-order valence-electron chi connectivity index (χ0n) is 22.0. The second-order valence-electron chi connectivity index (χ2n) is 12.3. The van der Waals surface area contributed by atoms with Gasteiger partial charge in [0, 0.05) is 24.5 Å². The van der Waals surface area contributed by atoms with Gasteiger partial charge >= 0.3 is 6.09 Å². The Labute approximate surface area is 209 Å². The summed E-state index contributed by atoms with van der Waals surface area (Å²) in [6.07, 6.45) is 10.0. The van der Waals surface area contributed by atoms with Gasteiger partial charge < -0.3 is 19.7 Å². The molecule has 0 spiro atoms. The van der Waals surface area contributed by atoms with Crippen LogP contribution in [0.1, 0.15) is 66.2 Å². The van der Waals surface area contributed by atoms with E-state index in [2.05, 4.69) is 39.1 Å². The highest BCUT2D eigenvalue weighted by Gasteiger charge is 2.70. The van der Waals surface area contributed by atoms with Crippen molar-refractivity contribution >= 4 is 12.0 Å². The number of rotatable bonds is 3. The standard InChI is InChI=1S/C29H40N2O4/c1-26-15-13-22(30-25(33)35-20-9-7-19(34-6)8-10-20)28(26,3)18-17-27(2)21(26)11-12-23-29(27,4)16-14-24(32)31(23)5/h7-10,14,16,21-23H,11-13,15,17-18H2,1-6H3,(H,30,33)/t21-,22-,23+,26-,27-,28+,29-/m0/s1. The molecule has 1 heterocycles. The molecule has 35 heavy (non-hydrogen) atoms. The normalized spacial score (nSPS) is 42.1. The summed E-state index contributed by atoms with van der Waals surface area (Å²) in [7, 11) is 3.59. The monoisotopic (exact) mass is 480 g/mol. The number of fused-ring (bicyclic) bond motifs is 5. The minimum absolute atomic E-state index is 0.000592. The van der Waals surface area contributed by atoms with Crippen molar-refractivity contribution in [1.29, 1.82) is 0 Å². The van der Waals surface area contributed by atoms with Crippen LogP contribution in [0.4, 0.5) is 4.79 Å². The predicted molar refractivity (Wildman–Crippen MR) is 135 cm³/mol. The van der Waals surface area contributed by atoms with Gasteiger partial charge in [-0.2, -0.15) is 0 Å². The number of ether oxygens (including phenoxy) is 2. The molecular weight excluding hydrogens is 440 g/mol. The van der Waals surface area contributed by atoms with Crippen molar-refractivity contribution in [2.24, 2.45) is 27.6 Å². The molecule has 1 aliphatic heterocycles. The minimum Gasteiger partial charge on any atom is -0.497 e. The minimum atomic E-state index is -0.384. The summed E-state index contributed by atoms with van der Waals surface area (Å²) in [6, 6.07) is 7.43. The molecule has 190 valence electrons. The van der Waals surface area contributed by atoms with Crippen LogP contribution in [0.2, 0.25) is 0 Å². The van der Waals surface area contributed by atoms with Crippen LogP contribution in [0.5, 0.6) is 11.5 Å². The van der Waals surface area contributed by atoms with E-state index >= 15 is 0 Å². The topological polar surface area (TPSA) is 67.9 Å². The molecule has 0 saturated heterocycles. The number of nitrogens with one attached hydrogen (secondary N) is 1. The Kier molecular flexibility index (Phi) is 5.54. The molecule has 6 heteroatoms. The van der Waals surface area contributed by atoms with Gasteiger partial charge in [0.25, 0.3) is 0 Å². The van der Waals surface area contributed by atoms with Gasteiger partial charge in [-0.05, 0) is 91.0 Å². The summed E-state index contributed by atoms with van der Waals surface area (Å²) in [5, 5.41) is 3.25. The molecule has 3 saturated carbocycles. The number of nitrogens with zero attached hydrogens (tertiary/aromatic N) is 1. The van der Waals surface area contributed by atoms with E-state index in [0.29, 0.717) is 11.7 Å². The summed E-state index contributed by atoms with van der Waals surface area (Å²) >= 11 is 0. The molecule has 2 amide bonds. The van der Waals surface area contributed by atoms with E-state index in [0.717, 1.165) is 44.3 Å². The third-order valence-electron chi connectivity index (χ3n) is 11.3. The molecule has 0 radical (unpaired) electrons. The average Bonchev–Trinajstić information content (AvgIpc) is 3.09. The summed E-state index contributed by atoms with van der Waals surface area (Å²) in [5.41, 5.74) is 0.176. The molecule has 3 aliphatic carbocycles. The van der Waals surface area contributed by atoms with Crippen LogP contribution in [0.15, 0.2) is 36.4 Å². The average molecular weight is 481 g/mol. The molecule has 0 bridgehead atoms. The van der Waals surface area contributed by atoms with Crippen molar-refractivity contribution in [2.45, 2.75) is 78.3 Å². The van der Waals surface area contributed by atoms with Gasteiger partial charge in [0.2, 0.25) is 5.91 Å². The Hall–Kier alpha value is -2.50. The predicted octanol–water partition coefficient (Wildman–Crippen LogP) is 5.57. The Morgan fingerprint density at radius 2 is 1.60 bits per heavy atom. The Bertz CT molecular complexity index is 1050. The molecular formula is C29H40N2O4. The fraction of sp³-hybridized carbons (Fsp3) is 0.655. The van der Waals surface area contributed by atoms with Crippen molar-refractivity contribution in [3.8, 4) is 11.5 Å². The summed E-state index contributed by atoms with van der Waals surface area (Å²) < 4.78 is 10.8. The van der Waals surface area contributed by atoms with Crippen molar-refractivity contribution in [1.82, 2.24) is 10.2 Å². The molecule has 1 aromatic rings. The van der Waals surface area contributed by atoms with Gasteiger partial charge in [0.05, 0.1) is 7.11 Å². The first-order chi connectivity index (χ1) is 16.5. The third kappa shape index (κ3) is 3.27. The lowest BCUT2D eigenvalue weighted by Crippen LogP contribution is -2.67. The van der Waals surface area contributed by atoms with E-state index in [4.69, 9.17) is 9.47 Å². The van der Waals surface area contributed by atoms with E-state index in [-0.39, 0.29) is 45.7 Å². The molecule has 7 atom stereocenters. The SMILES string of the molecule is COc1ccc(OC(=O)N[C@H]2CC[C@@]3(C)[C@@H]4CC[C@H]5N(C)C(=O)C=C[C@]5(C)[C@@]4(C)CC[C@]23C)cc1. The van der Waals surface area contributed by atoms with Crippen molar-refractivity contribution < 1.29 is 19.1 Å². The second-order valence-corrected chi connectivity index (χ2v) is 12.3. The molecule has 6 nitrogen and oxygen atoms in total. The number of likely N-dealkylation sites (N-methyl/N-ethyl adjacent to an activating group) is 1. The zero-order valence-corrected chi connectivity index (χ0v) is 22.0. The summed E-state index contributed by atoms with van der Waals surface area (Å²) in [5.74, 6) is 1.90. The van der Waals surface area contributed by atoms with Crippen LogP contribution >= 0.6 is 0 Å². The first kappa shape index (κ1) is 24.2. The third-order valence-corrected chi connectivity index (χ3v) is 11.3. The second kappa shape index (κ2) is 8.01. The molecule has 0 aromatic heterocycles. The number of amides is 2. The fourth-order valence-electron chi connectivity index (χ4n) is 8.73. The number of carbonyl (C=O) groups is 2. The number of methoxy groups -OCH3 is 1. The Morgan fingerprint density at radius 1 is 0.943 bits per heavy atom. The quantitative estimate of drug-likeness (QED) is 0.614. The van der Waals surface area contributed by atoms with E-state index < -0.39 is 0 Å². The highest BCUT2D eigenvalue weighted by molar-refractivity contribution is 5.89. The largest absolute Gasteiger partial charge is 0.497 e. The van der Waals surface area contributed by atoms with Gasteiger partial charge in [-0.15, -0.1) is 0 Å². The fourth-order valence-corrected chi connectivity index (χ4v) is 8.73. The lowest BCUT2D eigenvalue weighted by Gasteiger charge is -2.69. The van der Waals surface area contributed by atoms with Crippen LogP contribution in [0.3, 0.4) is 0 Å². The van der Waals surface area contributed by atoms with Crippen LogP contribution in [-0.2, 0) is 4.79 Å². The van der Waals surface area contributed by atoms with Gasteiger partial charge in [0.15, 0.2) is 0 Å². The van der Waals surface area contributed by atoms with Crippen LogP contribution in [-0.4, -0.2) is 43.1 Å².